The number of carbonyl (C=O) groups excluding carboxylic acids is 1. The molecule has 1 N–H and O–H groups in total. The Labute approximate surface area is 98.6 Å². The molecule has 1 amide bonds. The molecule has 2 saturated carbocycles. The Bertz CT molecular complexity index is 234. The number of rotatable bonds is 6. The first-order valence-corrected chi connectivity index (χ1v) is 6.76. The van der Waals surface area contributed by atoms with Crippen molar-refractivity contribution < 1.29 is 4.79 Å². The Morgan fingerprint density at radius 3 is 2.44 bits per heavy atom. The Hall–Kier alpha value is -0.570. The molecule has 16 heavy (non-hydrogen) atoms. The first-order chi connectivity index (χ1) is 7.77. The molecule has 2 aliphatic rings. The fourth-order valence-electron chi connectivity index (χ4n) is 2.31. The van der Waals surface area contributed by atoms with Crippen LogP contribution >= 0.6 is 0 Å². The van der Waals surface area contributed by atoms with Gasteiger partial charge in [0.2, 0.25) is 5.91 Å². The molecule has 0 aromatic carbocycles. The van der Waals surface area contributed by atoms with Gasteiger partial charge in [0.15, 0.2) is 0 Å². The summed E-state index contributed by atoms with van der Waals surface area (Å²) in [4.78, 5) is 13.7. The predicted molar refractivity (Wildman–Crippen MR) is 65.2 cm³/mol. The van der Waals surface area contributed by atoms with Crippen LogP contribution < -0.4 is 5.32 Å². The van der Waals surface area contributed by atoms with Crippen molar-refractivity contribution in [2.24, 2.45) is 5.92 Å². The predicted octanol–water partition coefficient (Wildman–Crippen LogP) is 1.78. The molecule has 0 radical (unpaired) electrons. The number of amides is 1. The number of hydrogen-bond donors (Lipinski definition) is 1. The highest BCUT2D eigenvalue weighted by atomic mass is 16.2. The fourth-order valence-corrected chi connectivity index (χ4v) is 2.31. The van der Waals surface area contributed by atoms with Crippen molar-refractivity contribution in [2.45, 2.75) is 51.0 Å². The van der Waals surface area contributed by atoms with E-state index in [9.17, 15) is 4.79 Å². The zero-order valence-electron chi connectivity index (χ0n) is 10.4. The van der Waals surface area contributed by atoms with E-state index in [0.717, 1.165) is 38.4 Å². The molecule has 2 fully saturated rings. The molecule has 3 heteroatoms. The monoisotopic (exact) mass is 224 g/mol. The van der Waals surface area contributed by atoms with Crippen LogP contribution in [0.5, 0.6) is 0 Å². The lowest BCUT2D eigenvalue weighted by Crippen LogP contribution is -2.39. The molecular weight excluding hydrogens is 200 g/mol. The summed E-state index contributed by atoms with van der Waals surface area (Å²) in [5.41, 5.74) is 0. The first-order valence-electron chi connectivity index (χ1n) is 6.76. The Kier molecular flexibility index (Phi) is 4.22. The second-order valence-electron chi connectivity index (χ2n) is 5.32. The van der Waals surface area contributed by atoms with Crippen LogP contribution in [-0.2, 0) is 4.79 Å². The lowest BCUT2D eigenvalue weighted by molar-refractivity contribution is -0.136. The van der Waals surface area contributed by atoms with Crippen LogP contribution in [-0.4, -0.2) is 37.0 Å². The van der Waals surface area contributed by atoms with Gasteiger partial charge in [-0.1, -0.05) is 12.8 Å². The van der Waals surface area contributed by atoms with Crippen molar-refractivity contribution in [1.82, 2.24) is 10.2 Å². The van der Waals surface area contributed by atoms with Gasteiger partial charge in [0.05, 0.1) is 0 Å². The standard InChI is InChI=1S/C13H24N2O/c1-15(13(16)11-5-2-6-11)10-4-9-14-12-7-3-8-12/h11-12,14H,2-10H2,1H3. The minimum absolute atomic E-state index is 0.351. The minimum atomic E-state index is 0.351. The molecule has 0 atom stereocenters. The average molecular weight is 224 g/mol. The van der Waals surface area contributed by atoms with E-state index in [0.29, 0.717) is 11.8 Å². The Morgan fingerprint density at radius 2 is 1.94 bits per heavy atom. The summed E-state index contributed by atoms with van der Waals surface area (Å²) < 4.78 is 0. The summed E-state index contributed by atoms with van der Waals surface area (Å²) in [7, 11) is 1.95. The van der Waals surface area contributed by atoms with Crippen molar-refractivity contribution in [3.8, 4) is 0 Å². The van der Waals surface area contributed by atoms with Gasteiger partial charge in [0, 0.05) is 25.6 Å². The van der Waals surface area contributed by atoms with Crippen LogP contribution in [0.1, 0.15) is 44.9 Å². The average Bonchev–Trinajstić information content (AvgIpc) is 2.11. The number of hydrogen-bond acceptors (Lipinski definition) is 2. The van der Waals surface area contributed by atoms with E-state index in [1.807, 2.05) is 11.9 Å². The maximum atomic E-state index is 11.8. The van der Waals surface area contributed by atoms with Crippen LogP contribution in [0.25, 0.3) is 0 Å². The molecule has 0 heterocycles. The van der Waals surface area contributed by atoms with E-state index < -0.39 is 0 Å². The normalized spacial score (nSPS) is 21.3. The van der Waals surface area contributed by atoms with Gasteiger partial charge in [-0.05, 0) is 38.6 Å². The summed E-state index contributed by atoms with van der Waals surface area (Å²) in [5.74, 6) is 0.722. The molecule has 2 aliphatic carbocycles. The van der Waals surface area contributed by atoms with Gasteiger partial charge in [0.25, 0.3) is 0 Å². The van der Waals surface area contributed by atoms with Gasteiger partial charge in [0.1, 0.15) is 0 Å². The van der Waals surface area contributed by atoms with E-state index in [1.54, 1.807) is 0 Å². The van der Waals surface area contributed by atoms with E-state index in [2.05, 4.69) is 5.32 Å². The van der Waals surface area contributed by atoms with Crippen molar-refractivity contribution in [3.63, 3.8) is 0 Å². The van der Waals surface area contributed by atoms with Crippen molar-refractivity contribution in [1.29, 1.82) is 0 Å². The van der Waals surface area contributed by atoms with Crippen molar-refractivity contribution in [2.75, 3.05) is 20.1 Å². The third kappa shape index (κ3) is 2.97. The van der Waals surface area contributed by atoms with Gasteiger partial charge in [-0.2, -0.15) is 0 Å². The van der Waals surface area contributed by atoms with Gasteiger partial charge in [-0.3, -0.25) is 4.79 Å². The zero-order valence-corrected chi connectivity index (χ0v) is 10.4. The van der Waals surface area contributed by atoms with Crippen molar-refractivity contribution in [3.05, 3.63) is 0 Å². The molecule has 0 aromatic rings. The fraction of sp³-hybridized carbons (Fsp3) is 0.923. The second-order valence-corrected chi connectivity index (χ2v) is 5.32. The van der Waals surface area contributed by atoms with E-state index in [-0.39, 0.29) is 0 Å². The zero-order chi connectivity index (χ0) is 11.4. The van der Waals surface area contributed by atoms with Gasteiger partial charge in [-0.15, -0.1) is 0 Å². The van der Waals surface area contributed by atoms with Crippen molar-refractivity contribution >= 4 is 5.91 Å². The highest BCUT2D eigenvalue weighted by molar-refractivity contribution is 5.79. The van der Waals surface area contributed by atoms with Gasteiger partial charge >= 0.3 is 0 Å². The van der Waals surface area contributed by atoms with Crippen LogP contribution in [0.4, 0.5) is 0 Å². The van der Waals surface area contributed by atoms with Gasteiger partial charge < -0.3 is 10.2 Å². The Balaban J connectivity index is 1.52. The van der Waals surface area contributed by atoms with Crippen LogP contribution in [0.15, 0.2) is 0 Å². The van der Waals surface area contributed by atoms with Crippen LogP contribution in [0, 0.1) is 5.92 Å². The molecule has 3 nitrogen and oxygen atoms in total. The Morgan fingerprint density at radius 1 is 1.25 bits per heavy atom. The topological polar surface area (TPSA) is 32.3 Å². The van der Waals surface area contributed by atoms with Crippen LogP contribution in [0.2, 0.25) is 0 Å². The number of nitrogens with one attached hydrogen (secondary N) is 1. The molecule has 0 aliphatic heterocycles. The molecule has 0 unspecified atom stereocenters. The molecular formula is C13H24N2O. The molecule has 0 bridgehead atoms. The molecule has 0 spiro atoms. The maximum absolute atomic E-state index is 11.8. The van der Waals surface area contributed by atoms with E-state index in [4.69, 9.17) is 0 Å². The second kappa shape index (κ2) is 5.67. The summed E-state index contributed by atoms with van der Waals surface area (Å²) in [5, 5.41) is 3.53. The lowest BCUT2D eigenvalue weighted by Gasteiger charge is -2.30. The number of nitrogens with zero attached hydrogens (tertiary/aromatic N) is 1. The largest absolute Gasteiger partial charge is 0.345 e. The highest BCUT2D eigenvalue weighted by Gasteiger charge is 2.27. The molecule has 2 rings (SSSR count). The lowest BCUT2D eigenvalue weighted by atomic mass is 9.84. The third-order valence-corrected chi connectivity index (χ3v) is 4.04. The van der Waals surface area contributed by atoms with E-state index >= 15 is 0 Å². The smallest absolute Gasteiger partial charge is 0.225 e. The SMILES string of the molecule is CN(CCCNC1CCC1)C(=O)C1CCC1. The number of carbonyl (C=O) groups is 1. The van der Waals surface area contributed by atoms with Gasteiger partial charge in [-0.25, -0.2) is 0 Å². The quantitative estimate of drug-likeness (QED) is 0.697. The molecule has 92 valence electrons. The molecule has 0 aromatic heterocycles. The maximum Gasteiger partial charge on any atom is 0.225 e. The highest BCUT2D eigenvalue weighted by Crippen LogP contribution is 2.27. The summed E-state index contributed by atoms with van der Waals surface area (Å²) in [6.45, 7) is 1.97. The third-order valence-electron chi connectivity index (χ3n) is 4.04. The van der Waals surface area contributed by atoms with Crippen LogP contribution in [0.3, 0.4) is 0 Å². The minimum Gasteiger partial charge on any atom is -0.345 e. The van der Waals surface area contributed by atoms with E-state index in [1.165, 1.54) is 25.7 Å². The summed E-state index contributed by atoms with van der Waals surface area (Å²) in [6.07, 6.45) is 8.64. The first kappa shape index (κ1) is 11.9. The molecule has 0 saturated heterocycles. The summed E-state index contributed by atoms with van der Waals surface area (Å²) in [6, 6.07) is 0.771. The summed E-state index contributed by atoms with van der Waals surface area (Å²) >= 11 is 0.